The molecule has 60 valence electrons. The molecule has 0 saturated carbocycles. The first-order valence-corrected chi connectivity index (χ1v) is 3.54. The van der Waals surface area contributed by atoms with E-state index in [1.54, 1.807) is 6.92 Å². The van der Waals surface area contributed by atoms with Gasteiger partial charge in [-0.05, 0) is 22.9 Å². The third kappa shape index (κ3) is 1.21. The van der Waals surface area contributed by atoms with Gasteiger partial charge in [0.15, 0.2) is 0 Å². The minimum Gasteiger partial charge on any atom is -0.421 e. The Morgan fingerprint density at radius 3 is 2.64 bits per heavy atom. The normalized spacial score (nSPS) is 10.0. The van der Waals surface area contributed by atoms with Gasteiger partial charge in [0.2, 0.25) is 0 Å². The van der Waals surface area contributed by atoms with Crippen LogP contribution >= 0.6 is 15.9 Å². The monoisotopic (exact) mass is 220 g/mol. The number of nitrogens with one attached hydrogen (secondary N) is 1. The van der Waals surface area contributed by atoms with Crippen LogP contribution in [0.5, 0.6) is 0 Å². The maximum atomic E-state index is 10.9. The van der Waals surface area contributed by atoms with Crippen LogP contribution in [-0.4, -0.2) is 14.9 Å². The molecule has 5 nitrogen and oxygen atoms in total. The number of hydrogen-bond acceptors (Lipinski definition) is 3. The molecule has 0 bridgehead atoms. The molecule has 0 fully saturated rings. The van der Waals surface area contributed by atoms with Crippen LogP contribution in [0.1, 0.15) is 5.69 Å². The molecule has 0 aliphatic carbocycles. The molecule has 2 N–H and O–H groups in total. The summed E-state index contributed by atoms with van der Waals surface area (Å²) in [6.45, 7) is 1.55. The van der Waals surface area contributed by atoms with Crippen molar-refractivity contribution in [2.75, 3.05) is 0 Å². The molecular weight excluding hydrogens is 216 g/mol. The number of aromatic amines is 1. The SMILES string of the molecule is Cc1[nH]c(=O)n(O)c(=O)c1Br. The van der Waals surface area contributed by atoms with Crippen LogP contribution in [0.2, 0.25) is 0 Å². The number of aromatic nitrogens is 2. The quantitative estimate of drug-likeness (QED) is 0.598. The molecule has 0 amide bonds. The van der Waals surface area contributed by atoms with Gasteiger partial charge in [0, 0.05) is 5.69 Å². The van der Waals surface area contributed by atoms with Crippen molar-refractivity contribution in [3.63, 3.8) is 0 Å². The molecule has 11 heavy (non-hydrogen) atoms. The lowest BCUT2D eigenvalue weighted by atomic mass is 10.5. The minimum absolute atomic E-state index is 0.0110. The highest BCUT2D eigenvalue weighted by Crippen LogP contribution is 2.03. The van der Waals surface area contributed by atoms with Gasteiger partial charge in [0.1, 0.15) is 4.47 Å². The average Bonchev–Trinajstić information content (AvgIpc) is 1.97. The topological polar surface area (TPSA) is 75.1 Å². The number of halogens is 1. The van der Waals surface area contributed by atoms with E-state index in [-0.39, 0.29) is 9.20 Å². The van der Waals surface area contributed by atoms with E-state index in [9.17, 15) is 9.59 Å². The summed E-state index contributed by atoms with van der Waals surface area (Å²) in [5, 5.41) is 8.74. The highest BCUT2D eigenvalue weighted by atomic mass is 79.9. The lowest BCUT2D eigenvalue weighted by Crippen LogP contribution is -2.34. The highest BCUT2D eigenvalue weighted by molar-refractivity contribution is 9.10. The summed E-state index contributed by atoms with van der Waals surface area (Å²) >= 11 is 2.90. The number of rotatable bonds is 0. The molecule has 1 aromatic rings. The van der Waals surface area contributed by atoms with Crippen LogP contribution in [0.15, 0.2) is 14.1 Å². The zero-order chi connectivity index (χ0) is 8.59. The van der Waals surface area contributed by atoms with Gasteiger partial charge in [-0.2, -0.15) is 0 Å². The lowest BCUT2D eigenvalue weighted by molar-refractivity contribution is 0.159. The third-order valence-corrected chi connectivity index (χ3v) is 2.13. The van der Waals surface area contributed by atoms with Crippen molar-refractivity contribution >= 4 is 15.9 Å². The molecule has 0 aromatic carbocycles. The molecule has 0 saturated heterocycles. The number of hydrogen-bond donors (Lipinski definition) is 2. The molecule has 0 aliphatic heterocycles. The van der Waals surface area contributed by atoms with Gasteiger partial charge in [-0.3, -0.25) is 4.79 Å². The Kier molecular flexibility index (Phi) is 1.86. The number of aryl methyl sites for hydroxylation is 1. The average molecular weight is 221 g/mol. The van der Waals surface area contributed by atoms with Gasteiger partial charge < -0.3 is 10.2 Å². The first-order chi connectivity index (χ1) is 5.04. The molecular formula is C5H5BrN2O3. The van der Waals surface area contributed by atoms with Gasteiger partial charge >= 0.3 is 11.2 Å². The Morgan fingerprint density at radius 1 is 1.55 bits per heavy atom. The Hall–Kier alpha value is -1.04. The zero-order valence-electron chi connectivity index (χ0n) is 5.59. The van der Waals surface area contributed by atoms with Crippen LogP contribution < -0.4 is 11.2 Å². The molecule has 6 heteroatoms. The summed E-state index contributed by atoms with van der Waals surface area (Å²) in [6, 6.07) is 0. The second-order valence-electron chi connectivity index (χ2n) is 1.99. The van der Waals surface area contributed by atoms with Crippen molar-refractivity contribution in [3.05, 3.63) is 31.0 Å². The van der Waals surface area contributed by atoms with Crippen molar-refractivity contribution in [1.82, 2.24) is 9.71 Å². The van der Waals surface area contributed by atoms with Crippen LogP contribution in [-0.2, 0) is 0 Å². The third-order valence-electron chi connectivity index (χ3n) is 1.20. The molecule has 0 unspecified atom stereocenters. The fourth-order valence-electron chi connectivity index (χ4n) is 0.614. The van der Waals surface area contributed by atoms with Gasteiger partial charge in [-0.1, -0.05) is 4.73 Å². The second-order valence-corrected chi connectivity index (χ2v) is 2.78. The van der Waals surface area contributed by atoms with E-state index >= 15 is 0 Å². The number of nitrogens with zero attached hydrogens (tertiary/aromatic N) is 1. The summed E-state index contributed by atoms with van der Waals surface area (Å²) in [5.74, 6) is 0. The molecule has 0 radical (unpaired) electrons. The molecule has 0 atom stereocenters. The van der Waals surface area contributed by atoms with Crippen LogP contribution in [0.4, 0.5) is 0 Å². The zero-order valence-corrected chi connectivity index (χ0v) is 7.17. The van der Waals surface area contributed by atoms with Crippen molar-refractivity contribution in [2.45, 2.75) is 6.92 Å². The van der Waals surface area contributed by atoms with E-state index in [1.807, 2.05) is 0 Å². The lowest BCUT2D eigenvalue weighted by Gasteiger charge is -1.97. The largest absolute Gasteiger partial charge is 0.421 e. The smallest absolute Gasteiger partial charge is 0.362 e. The van der Waals surface area contributed by atoms with Gasteiger partial charge in [0.25, 0.3) is 0 Å². The van der Waals surface area contributed by atoms with E-state index in [1.165, 1.54) is 0 Å². The Balaban J connectivity index is 3.74. The first kappa shape index (κ1) is 8.06. The van der Waals surface area contributed by atoms with Gasteiger partial charge in [-0.25, -0.2) is 4.79 Å². The van der Waals surface area contributed by atoms with Gasteiger partial charge in [0.05, 0.1) is 0 Å². The van der Waals surface area contributed by atoms with Crippen LogP contribution in [0.3, 0.4) is 0 Å². The Bertz CT molecular complexity index is 392. The predicted octanol–water partition coefficient (Wildman–Crippen LogP) is -0.155. The molecule has 0 aliphatic rings. The first-order valence-electron chi connectivity index (χ1n) is 2.74. The van der Waals surface area contributed by atoms with Crippen molar-refractivity contribution in [2.24, 2.45) is 0 Å². The van der Waals surface area contributed by atoms with E-state index in [0.717, 1.165) is 0 Å². The second kappa shape index (κ2) is 2.54. The highest BCUT2D eigenvalue weighted by Gasteiger charge is 2.05. The molecule has 1 rings (SSSR count). The van der Waals surface area contributed by atoms with Crippen molar-refractivity contribution in [1.29, 1.82) is 0 Å². The number of H-pyrrole nitrogens is 1. The maximum absolute atomic E-state index is 10.9. The van der Waals surface area contributed by atoms with Crippen molar-refractivity contribution in [3.8, 4) is 0 Å². The summed E-state index contributed by atoms with van der Waals surface area (Å²) in [6.07, 6.45) is 0. The molecule has 0 spiro atoms. The summed E-state index contributed by atoms with van der Waals surface area (Å²) < 4.78 is 0.163. The fraction of sp³-hybridized carbons (Fsp3) is 0.200. The van der Waals surface area contributed by atoms with E-state index in [0.29, 0.717) is 5.69 Å². The van der Waals surface area contributed by atoms with E-state index in [2.05, 4.69) is 20.9 Å². The summed E-state index contributed by atoms with van der Waals surface area (Å²) in [5.41, 5.74) is -1.20. The standard InChI is InChI=1S/C5H5BrN2O3/c1-2-3(6)4(9)8(11)5(10)7-2/h11H,1H3,(H,7,10). The molecule has 1 heterocycles. The van der Waals surface area contributed by atoms with E-state index < -0.39 is 11.2 Å². The van der Waals surface area contributed by atoms with Gasteiger partial charge in [-0.15, -0.1) is 0 Å². The Labute approximate surface area is 69.4 Å². The minimum atomic E-state index is -0.837. The summed E-state index contributed by atoms with van der Waals surface area (Å²) in [4.78, 5) is 23.8. The predicted molar refractivity (Wildman–Crippen MR) is 40.9 cm³/mol. The fourth-order valence-corrected chi connectivity index (χ4v) is 0.881. The van der Waals surface area contributed by atoms with Crippen LogP contribution in [0, 0.1) is 6.92 Å². The maximum Gasteiger partial charge on any atom is 0.362 e. The van der Waals surface area contributed by atoms with Crippen LogP contribution in [0.25, 0.3) is 0 Å². The van der Waals surface area contributed by atoms with E-state index in [4.69, 9.17) is 5.21 Å². The summed E-state index contributed by atoms with van der Waals surface area (Å²) in [7, 11) is 0. The Morgan fingerprint density at radius 2 is 2.09 bits per heavy atom. The molecule has 1 aromatic heterocycles. The van der Waals surface area contributed by atoms with Crippen molar-refractivity contribution < 1.29 is 5.21 Å².